The number of nitrogens with zero attached hydrogens (tertiary/aromatic N) is 1. The first-order valence-corrected chi connectivity index (χ1v) is 4.78. The van der Waals surface area contributed by atoms with Crippen LogP contribution in [0, 0.1) is 11.3 Å². The van der Waals surface area contributed by atoms with Crippen LogP contribution in [-0.4, -0.2) is 7.11 Å². The number of hydrogen-bond donors (Lipinski definition) is 0. The van der Waals surface area contributed by atoms with Gasteiger partial charge in [0.25, 0.3) is 0 Å². The first-order chi connectivity index (χ1) is 7.36. The molecule has 0 saturated carbocycles. The fourth-order valence-electron chi connectivity index (χ4n) is 1.76. The molecule has 0 fully saturated rings. The van der Waals surface area contributed by atoms with Gasteiger partial charge >= 0.3 is 0 Å². The predicted octanol–water partition coefficient (Wildman–Crippen LogP) is 2.91. The van der Waals surface area contributed by atoms with Crippen molar-refractivity contribution in [2.75, 3.05) is 7.11 Å². The van der Waals surface area contributed by atoms with Gasteiger partial charge in [0.2, 0.25) is 0 Å². The zero-order valence-electron chi connectivity index (χ0n) is 8.53. The van der Waals surface area contributed by atoms with Crippen LogP contribution in [0.5, 0.6) is 5.75 Å². The molecule has 0 radical (unpaired) electrons. The zero-order chi connectivity index (χ0) is 10.7. The Hall–Kier alpha value is -2.01. The Bertz CT molecular complexity index is 526. The van der Waals surface area contributed by atoms with Crippen LogP contribution in [0.2, 0.25) is 0 Å². The summed E-state index contributed by atoms with van der Waals surface area (Å²) in [7, 11) is 1.66. The van der Waals surface area contributed by atoms with Crippen molar-refractivity contribution < 1.29 is 4.74 Å². The second kappa shape index (κ2) is 4.02. The van der Waals surface area contributed by atoms with Crippen molar-refractivity contribution in [1.82, 2.24) is 0 Å². The van der Waals surface area contributed by atoms with Gasteiger partial charge in [0.1, 0.15) is 5.75 Å². The summed E-state index contributed by atoms with van der Waals surface area (Å²) in [5.74, 6) is 0.854. The fraction of sp³-hybridized carbons (Fsp3) is 0.154. The molecule has 2 aromatic rings. The maximum Gasteiger partial charge on any atom is 0.126 e. The molecule has 0 aliphatic heterocycles. The third kappa shape index (κ3) is 1.64. The van der Waals surface area contributed by atoms with E-state index in [-0.39, 0.29) is 0 Å². The molecule has 0 atom stereocenters. The summed E-state index contributed by atoms with van der Waals surface area (Å²) in [5, 5.41) is 10.9. The molecule has 0 amide bonds. The van der Waals surface area contributed by atoms with E-state index in [9.17, 15) is 0 Å². The third-order valence-electron chi connectivity index (χ3n) is 2.46. The minimum atomic E-state index is 0.435. The van der Waals surface area contributed by atoms with Crippen molar-refractivity contribution in [2.24, 2.45) is 0 Å². The molecule has 2 nitrogen and oxygen atoms in total. The van der Waals surface area contributed by atoms with Crippen molar-refractivity contribution in [3.63, 3.8) is 0 Å². The minimum Gasteiger partial charge on any atom is -0.496 e. The van der Waals surface area contributed by atoms with Crippen LogP contribution < -0.4 is 4.74 Å². The molecular formula is C13H11NO. The highest BCUT2D eigenvalue weighted by Crippen LogP contribution is 2.27. The van der Waals surface area contributed by atoms with Crippen LogP contribution in [0.15, 0.2) is 36.4 Å². The highest BCUT2D eigenvalue weighted by molar-refractivity contribution is 5.91. The van der Waals surface area contributed by atoms with E-state index in [1.54, 1.807) is 7.11 Å². The fourth-order valence-corrected chi connectivity index (χ4v) is 1.76. The number of nitriles is 1. The van der Waals surface area contributed by atoms with Crippen molar-refractivity contribution >= 4 is 10.8 Å². The lowest BCUT2D eigenvalue weighted by Crippen LogP contribution is -1.88. The summed E-state index contributed by atoms with van der Waals surface area (Å²) in [5.41, 5.74) is 1.05. The van der Waals surface area contributed by atoms with E-state index in [4.69, 9.17) is 10.00 Å². The standard InChI is InChI=1S/C13H11NO/c1-15-13-7-3-5-11-10(8-9-14)4-2-6-12(11)13/h2-7H,8H2,1H3. The van der Waals surface area contributed by atoms with Gasteiger partial charge in [-0.15, -0.1) is 0 Å². The van der Waals surface area contributed by atoms with Crippen LogP contribution in [0.1, 0.15) is 5.56 Å². The monoisotopic (exact) mass is 197 g/mol. The second-order valence-electron chi connectivity index (χ2n) is 3.31. The van der Waals surface area contributed by atoms with Crippen LogP contribution in [-0.2, 0) is 6.42 Å². The lowest BCUT2D eigenvalue weighted by Gasteiger charge is -2.07. The summed E-state index contributed by atoms with van der Waals surface area (Å²) in [6.07, 6.45) is 0.435. The van der Waals surface area contributed by atoms with Crippen molar-refractivity contribution in [3.8, 4) is 11.8 Å². The van der Waals surface area contributed by atoms with Crippen LogP contribution >= 0.6 is 0 Å². The first-order valence-electron chi connectivity index (χ1n) is 4.78. The molecule has 0 unspecified atom stereocenters. The van der Waals surface area contributed by atoms with Gasteiger partial charge in [-0.2, -0.15) is 5.26 Å². The average molecular weight is 197 g/mol. The molecule has 74 valence electrons. The van der Waals surface area contributed by atoms with E-state index in [2.05, 4.69) is 6.07 Å². The smallest absolute Gasteiger partial charge is 0.126 e. The lowest BCUT2D eigenvalue weighted by atomic mass is 10.0. The van der Waals surface area contributed by atoms with Gasteiger partial charge in [-0.3, -0.25) is 0 Å². The molecular weight excluding hydrogens is 186 g/mol. The summed E-state index contributed by atoms with van der Waals surface area (Å²) < 4.78 is 5.28. The van der Waals surface area contributed by atoms with Crippen LogP contribution in [0.3, 0.4) is 0 Å². The quantitative estimate of drug-likeness (QED) is 0.741. The van der Waals surface area contributed by atoms with Gasteiger partial charge in [0.15, 0.2) is 0 Å². The number of hydrogen-bond acceptors (Lipinski definition) is 2. The zero-order valence-corrected chi connectivity index (χ0v) is 8.53. The van der Waals surface area contributed by atoms with Crippen molar-refractivity contribution in [3.05, 3.63) is 42.0 Å². The molecule has 0 aliphatic carbocycles. The van der Waals surface area contributed by atoms with Gasteiger partial charge in [0.05, 0.1) is 19.6 Å². The summed E-state index contributed by atoms with van der Waals surface area (Å²) >= 11 is 0. The van der Waals surface area contributed by atoms with E-state index in [1.165, 1.54) is 0 Å². The van der Waals surface area contributed by atoms with Crippen LogP contribution in [0.25, 0.3) is 10.8 Å². The Morgan fingerprint density at radius 1 is 1.13 bits per heavy atom. The number of fused-ring (bicyclic) bond motifs is 1. The predicted molar refractivity (Wildman–Crippen MR) is 59.8 cm³/mol. The van der Waals surface area contributed by atoms with Gasteiger partial charge in [0, 0.05) is 5.39 Å². The Labute approximate surface area is 88.7 Å². The molecule has 2 rings (SSSR count). The molecule has 15 heavy (non-hydrogen) atoms. The largest absolute Gasteiger partial charge is 0.496 e. The molecule has 0 aromatic heterocycles. The van der Waals surface area contributed by atoms with Gasteiger partial charge in [-0.25, -0.2) is 0 Å². The number of methoxy groups -OCH3 is 1. The molecule has 2 heteroatoms. The topological polar surface area (TPSA) is 33.0 Å². The van der Waals surface area contributed by atoms with Gasteiger partial charge in [-0.05, 0) is 17.0 Å². The summed E-state index contributed by atoms with van der Waals surface area (Å²) in [4.78, 5) is 0. The molecule has 0 heterocycles. The Balaban J connectivity index is 2.72. The van der Waals surface area contributed by atoms with E-state index in [0.717, 1.165) is 22.1 Å². The number of benzene rings is 2. The molecule has 0 aliphatic rings. The Morgan fingerprint density at radius 2 is 1.87 bits per heavy atom. The summed E-state index contributed by atoms with van der Waals surface area (Å²) in [6.45, 7) is 0. The molecule has 0 spiro atoms. The maximum absolute atomic E-state index is 8.72. The number of ether oxygens (including phenoxy) is 1. The highest BCUT2D eigenvalue weighted by atomic mass is 16.5. The molecule has 2 aromatic carbocycles. The highest BCUT2D eigenvalue weighted by Gasteiger charge is 2.03. The lowest BCUT2D eigenvalue weighted by molar-refractivity contribution is 0.420. The van der Waals surface area contributed by atoms with Crippen molar-refractivity contribution in [1.29, 1.82) is 5.26 Å². The normalized spacial score (nSPS) is 9.87. The third-order valence-corrected chi connectivity index (χ3v) is 2.46. The molecule has 0 saturated heterocycles. The van der Waals surface area contributed by atoms with Gasteiger partial charge < -0.3 is 4.74 Å². The summed E-state index contributed by atoms with van der Waals surface area (Å²) in [6, 6.07) is 14.0. The Kier molecular flexibility index (Phi) is 2.55. The average Bonchev–Trinajstić information content (AvgIpc) is 2.29. The van der Waals surface area contributed by atoms with E-state index < -0.39 is 0 Å². The van der Waals surface area contributed by atoms with E-state index in [1.807, 2.05) is 36.4 Å². The van der Waals surface area contributed by atoms with Crippen LogP contribution in [0.4, 0.5) is 0 Å². The Morgan fingerprint density at radius 3 is 2.60 bits per heavy atom. The van der Waals surface area contributed by atoms with E-state index in [0.29, 0.717) is 6.42 Å². The van der Waals surface area contributed by atoms with Gasteiger partial charge in [-0.1, -0.05) is 30.3 Å². The second-order valence-corrected chi connectivity index (χ2v) is 3.31. The maximum atomic E-state index is 8.72. The van der Waals surface area contributed by atoms with E-state index >= 15 is 0 Å². The minimum absolute atomic E-state index is 0.435. The van der Waals surface area contributed by atoms with Crippen molar-refractivity contribution in [2.45, 2.75) is 6.42 Å². The number of rotatable bonds is 2. The molecule has 0 bridgehead atoms. The SMILES string of the molecule is COc1cccc2c(CC#N)cccc12. The molecule has 0 N–H and O–H groups in total. The first kappa shape index (κ1) is 9.54.